The number of anilines is 1. The van der Waals surface area contributed by atoms with Gasteiger partial charge in [0, 0.05) is 23.8 Å². The Labute approximate surface area is 132 Å². The summed E-state index contributed by atoms with van der Waals surface area (Å²) in [5.41, 5.74) is 0.101. The van der Waals surface area contributed by atoms with Crippen molar-refractivity contribution in [3.8, 4) is 0 Å². The lowest BCUT2D eigenvalue weighted by Gasteiger charge is -2.38. The summed E-state index contributed by atoms with van der Waals surface area (Å²) in [6, 6.07) is 1.75. The molecule has 2 amide bonds. The van der Waals surface area contributed by atoms with Crippen molar-refractivity contribution in [2.24, 2.45) is 5.92 Å². The van der Waals surface area contributed by atoms with Gasteiger partial charge in [0.05, 0.1) is 17.8 Å². The molecule has 2 rings (SSSR count). The Hall–Kier alpha value is -1.63. The van der Waals surface area contributed by atoms with Crippen LogP contribution in [0.25, 0.3) is 0 Å². The molecule has 0 spiro atoms. The second-order valence-corrected chi connectivity index (χ2v) is 6.78. The minimum atomic E-state index is -0.523. The number of rotatable bonds is 2. The first kappa shape index (κ1) is 15.8. The van der Waals surface area contributed by atoms with Crippen molar-refractivity contribution in [2.45, 2.75) is 26.4 Å². The number of aromatic nitrogens is 1. The molecule has 114 valence electrons. The topological polar surface area (TPSA) is 71.5 Å². The molecule has 7 heteroatoms. The van der Waals surface area contributed by atoms with Crippen molar-refractivity contribution in [3.05, 3.63) is 22.9 Å². The van der Waals surface area contributed by atoms with Gasteiger partial charge in [0.1, 0.15) is 5.60 Å². The van der Waals surface area contributed by atoms with Gasteiger partial charge >= 0.3 is 6.09 Å². The molecule has 21 heavy (non-hydrogen) atoms. The van der Waals surface area contributed by atoms with Gasteiger partial charge in [-0.1, -0.05) is 0 Å². The van der Waals surface area contributed by atoms with Crippen LogP contribution in [0.1, 0.15) is 20.8 Å². The zero-order valence-corrected chi connectivity index (χ0v) is 13.8. The Morgan fingerprint density at radius 2 is 2.10 bits per heavy atom. The van der Waals surface area contributed by atoms with Crippen LogP contribution in [0.15, 0.2) is 22.9 Å². The number of amides is 2. The number of nitrogens with one attached hydrogen (secondary N) is 1. The van der Waals surface area contributed by atoms with E-state index in [1.54, 1.807) is 18.5 Å². The van der Waals surface area contributed by atoms with Crippen molar-refractivity contribution >= 4 is 33.6 Å². The first-order valence-corrected chi connectivity index (χ1v) is 7.44. The molecule has 1 aliphatic rings. The van der Waals surface area contributed by atoms with Crippen LogP contribution in [-0.4, -0.2) is 40.6 Å². The van der Waals surface area contributed by atoms with Gasteiger partial charge in [-0.25, -0.2) is 4.79 Å². The number of hydrogen-bond donors (Lipinski definition) is 1. The summed E-state index contributed by atoms with van der Waals surface area (Å²) in [5, 5.41) is 2.79. The maximum atomic E-state index is 12.1. The van der Waals surface area contributed by atoms with Gasteiger partial charge in [-0.2, -0.15) is 0 Å². The molecule has 1 saturated heterocycles. The maximum Gasteiger partial charge on any atom is 0.410 e. The molecule has 1 aliphatic heterocycles. The second kappa shape index (κ2) is 6.01. The van der Waals surface area contributed by atoms with Crippen molar-refractivity contribution in [2.75, 3.05) is 18.4 Å². The number of carbonyl (C=O) groups is 2. The van der Waals surface area contributed by atoms with Crippen molar-refractivity contribution < 1.29 is 14.3 Å². The second-order valence-electron chi connectivity index (χ2n) is 5.93. The smallest absolute Gasteiger partial charge is 0.410 e. The molecule has 0 bridgehead atoms. The quantitative estimate of drug-likeness (QED) is 0.884. The van der Waals surface area contributed by atoms with Crippen LogP contribution in [0.2, 0.25) is 0 Å². The van der Waals surface area contributed by atoms with Crippen molar-refractivity contribution in [1.82, 2.24) is 9.88 Å². The summed E-state index contributed by atoms with van der Waals surface area (Å²) >= 11 is 3.34. The average Bonchev–Trinajstić information content (AvgIpc) is 2.27. The van der Waals surface area contributed by atoms with Gasteiger partial charge in [-0.3, -0.25) is 9.78 Å². The third kappa shape index (κ3) is 4.17. The molecule has 0 unspecified atom stereocenters. The Morgan fingerprint density at radius 3 is 2.67 bits per heavy atom. The number of pyridine rings is 1. The molecular formula is C14H18BrN3O3. The summed E-state index contributed by atoms with van der Waals surface area (Å²) in [5.74, 6) is -0.340. The minimum absolute atomic E-state index is 0.122. The Balaban J connectivity index is 1.83. The van der Waals surface area contributed by atoms with E-state index in [0.717, 1.165) is 4.47 Å². The van der Waals surface area contributed by atoms with E-state index in [9.17, 15) is 9.59 Å². The van der Waals surface area contributed by atoms with E-state index in [2.05, 4.69) is 26.2 Å². The number of nitrogens with zero attached hydrogens (tertiary/aromatic N) is 2. The van der Waals surface area contributed by atoms with Crippen LogP contribution < -0.4 is 5.32 Å². The molecule has 2 heterocycles. The van der Waals surface area contributed by atoms with Crippen LogP contribution in [0.4, 0.5) is 10.5 Å². The van der Waals surface area contributed by atoms with Gasteiger partial charge in [-0.05, 0) is 42.8 Å². The molecule has 1 N–H and O–H groups in total. The van der Waals surface area contributed by atoms with Gasteiger partial charge in [0.2, 0.25) is 5.91 Å². The number of carbonyl (C=O) groups excluding carboxylic acids is 2. The third-order valence-corrected chi connectivity index (χ3v) is 3.62. The first-order valence-electron chi connectivity index (χ1n) is 6.64. The van der Waals surface area contributed by atoms with E-state index >= 15 is 0 Å². The summed E-state index contributed by atoms with van der Waals surface area (Å²) < 4.78 is 6.02. The van der Waals surface area contributed by atoms with Crippen LogP contribution in [0.5, 0.6) is 0 Å². The SMILES string of the molecule is CC(C)(C)OC(=O)N1CC(C(=O)Nc2cnccc2Br)C1. The van der Waals surface area contributed by atoms with E-state index in [0.29, 0.717) is 18.8 Å². The lowest BCUT2D eigenvalue weighted by atomic mass is 10.00. The first-order chi connectivity index (χ1) is 9.76. The molecule has 6 nitrogen and oxygen atoms in total. The zero-order valence-electron chi connectivity index (χ0n) is 12.2. The number of hydrogen-bond acceptors (Lipinski definition) is 4. The summed E-state index contributed by atoms with van der Waals surface area (Å²) in [4.78, 5) is 29.3. The van der Waals surface area contributed by atoms with Crippen molar-refractivity contribution in [1.29, 1.82) is 0 Å². The van der Waals surface area contributed by atoms with Crippen LogP contribution in [-0.2, 0) is 9.53 Å². The fraction of sp³-hybridized carbons (Fsp3) is 0.500. The highest BCUT2D eigenvalue weighted by atomic mass is 79.9. The molecule has 0 aliphatic carbocycles. The monoisotopic (exact) mass is 355 g/mol. The third-order valence-electron chi connectivity index (χ3n) is 2.93. The van der Waals surface area contributed by atoms with Gasteiger partial charge < -0.3 is 15.0 Å². The predicted molar refractivity (Wildman–Crippen MR) is 81.9 cm³/mol. The maximum absolute atomic E-state index is 12.1. The Morgan fingerprint density at radius 1 is 1.43 bits per heavy atom. The van der Waals surface area contributed by atoms with E-state index in [1.165, 1.54) is 4.90 Å². The molecule has 0 aromatic carbocycles. The largest absolute Gasteiger partial charge is 0.444 e. The molecule has 1 aromatic rings. The van der Waals surface area contributed by atoms with E-state index in [-0.39, 0.29) is 17.9 Å². The lowest BCUT2D eigenvalue weighted by molar-refractivity contribution is -0.124. The molecule has 0 atom stereocenters. The molecule has 0 radical (unpaired) electrons. The Kier molecular flexibility index (Phi) is 4.51. The highest BCUT2D eigenvalue weighted by molar-refractivity contribution is 9.10. The van der Waals surface area contributed by atoms with Crippen LogP contribution in [0, 0.1) is 5.92 Å². The number of likely N-dealkylation sites (tertiary alicyclic amines) is 1. The van der Waals surface area contributed by atoms with Crippen LogP contribution >= 0.6 is 15.9 Å². The van der Waals surface area contributed by atoms with Gasteiger partial charge in [0.15, 0.2) is 0 Å². The number of ether oxygens (including phenoxy) is 1. The highest BCUT2D eigenvalue weighted by Gasteiger charge is 2.37. The predicted octanol–water partition coefficient (Wildman–Crippen LogP) is 2.65. The van der Waals surface area contributed by atoms with Crippen molar-refractivity contribution in [3.63, 3.8) is 0 Å². The van der Waals surface area contributed by atoms with E-state index in [1.807, 2.05) is 20.8 Å². The van der Waals surface area contributed by atoms with E-state index < -0.39 is 5.60 Å². The molecule has 1 aromatic heterocycles. The highest BCUT2D eigenvalue weighted by Crippen LogP contribution is 2.24. The normalized spacial score (nSPS) is 15.3. The van der Waals surface area contributed by atoms with E-state index in [4.69, 9.17) is 4.74 Å². The summed E-state index contributed by atoms with van der Waals surface area (Å²) in [7, 11) is 0. The average molecular weight is 356 g/mol. The standard InChI is InChI=1S/C14H18BrN3O3/c1-14(2,3)21-13(20)18-7-9(8-18)12(19)17-11-6-16-5-4-10(11)15/h4-6,9H,7-8H2,1-3H3,(H,17,19). The summed E-state index contributed by atoms with van der Waals surface area (Å²) in [6.07, 6.45) is 2.83. The molecule has 0 saturated carbocycles. The fourth-order valence-electron chi connectivity index (χ4n) is 1.82. The van der Waals surface area contributed by atoms with Crippen LogP contribution in [0.3, 0.4) is 0 Å². The van der Waals surface area contributed by atoms with Gasteiger partial charge in [0.25, 0.3) is 0 Å². The minimum Gasteiger partial charge on any atom is -0.444 e. The lowest BCUT2D eigenvalue weighted by Crippen LogP contribution is -2.55. The molecule has 1 fully saturated rings. The summed E-state index contributed by atoms with van der Waals surface area (Å²) in [6.45, 7) is 6.19. The molecular weight excluding hydrogens is 338 g/mol. The van der Waals surface area contributed by atoms with Gasteiger partial charge in [-0.15, -0.1) is 0 Å². The zero-order chi connectivity index (χ0) is 15.6. The Bertz CT molecular complexity index is 551. The number of halogens is 1. The fourth-order valence-corrected chi connectivity index (χ4v) is 2.14.